The quantitative estimate of drug-likeness (QED) is 0.890. The van der Waals surface area contributed by atoms with Gasteiger partial charge in [-0.3, -0.25) is 4.79 Å². The van der Waals surface area contributed by atoms with Crippen molar-refractivity contribution in [1.29, 1.82) is 0 Å². The second-order valence-electron chi connectivity index (χ2n) is 6.55. The lowest BCUT2D eigenvalue weighted by Crippen LogP contribution is -2.52. The summed E-state index contributed by atoms with van der Waals surface area (Å²) in [6, 6.07) is -0.942. The zero-order chi connectivity index (χ0) is 16.2. The van der Waals surface area contributed by atoms with Crippen LogP contribution in [-0.4, -0.2) is 37.9 Å². The summed E-state index contributed by atoms with van der Waals surface area (Å²) >= 11 is 6.22. The topological polar surface area (TPSA) is 86.3 Å². The summed E-state index contributed by atoms with van der Waals surface area (Å²) in [4.78, 5) is 32.9. The van der Waals surface area contributed by atoms with E-state index in [4.69, 9.17) is 11.6 Å². The minimum atomic E-state index is -1.03. The number of aromatic nitrogens is 2. The summed E-state index contributed by atoms with van der Waals surface area (Å²) in [5.74, 6) is -1.34. The van der Waals surface area contributed by atoms with Crippen LogP contribution in [0.5, 0.6) is 0 Å². The van der Waals surface area contributed by atoms with E-state index in [2.05, 4.69) is 9.97 Å². The van der Waals surface area contributed by atoms with Crippen molar-refractivity contribution in [3.05, 3.63) is 28.5 Å². The number of nitrogens with zero attached hydrogens (tertiary/aromatic N) is 2. The molecule has 22 heavy (non-hydrogen) atoms. The first-order valence-corrected chi connectivity index (χ1v) is 7.28. The van der Waals surface area contributed by atoms with Crippen molar-refractivity contribution >= 4 is 34.5 Å². The van der Waals surface area contributed by atoms with Crippen molar-refractivity contribution in [1.82, 2.24) is 14.9 Å². The average Bonchev–Trinajstić information content (AvgIpc) is 2.81. The smallest absolute Gasteiger partial charge is 0.326 e. The average molecular weight is 322 g/mol. The molecule has 0 saturated carbocycles. The fourth-order valence-corrected chi connectivity index (χ4v) is 3.24. The second kappa shape index (κ2) is 4.71. The van der Waals surface area contributed by atoms with Crippen LogP contribution in [0.4, 0.5) is 0 Å². The molecule has 0 aliphatic carbocycles. The maximum absolute atomic E-state index is 12.7. The Bertz CT molecular complexity index is 791. The first-order valence-electron chi connectivity index (χ1n) is 6.90. The molecular weight excluding hydrogens is 306 g/mol. The van der Waals surface area contributed by atoms with Crippen LogP contribution in [0.1, 0.15) is 36.7 Å². The van der Waals surface area contributed by atoms with Crippen LogP contribution < -0.4 is 0 Å². The van der Waals surface area contributed by atoms with E-state index in [0.29, 0.717) is 21.6 Å². The summed E-state index contributed by atoms with van der Waals surface area (Å²) in [5.41, 5.74) is 1.14. The lowest BCUT2D eigenvalue weighted by atomic mass is 9.84. The highest BCUT2D eigenvalue weighted by atomic mass is 35.5. The van der Waals surface area contributed by atoms with Crippen LogP contribution in [0.15, 0.2) is 12.4 Å². The molecule has 0 aromatic carbocycles. The zero-order valence-corrected chi connectivity index (χ0v) is 13.2. The zero-order valence-electron chi connectivity index (χ0n) is 12.5. The van der Waals surface area contributed by atoms with Gasteiger partial charge in [0.1, 0.15) is 11.7 Å². The molecule has 6 nitrogen and oxygen atoms in total. The number of carbonyl (C=O) groups excluding carboxylic acids is 1. The second-order valence-corrected chi connectivity index (χ2v) is 6.96. The number of carboxylic acids is 1. The molecule has 1 atom stereocenters. The van der Waals surface area contributed by atoms with Crippen molar-refractivity contribution in [2.45, 2.75) is 33.4 Å². The molecule has 0 saturated heterocycles. The van der Waals surface area contributed by atoms with Crippen molar-refractivity contribution in [2.75, 3.05) is 0 Å². The van der Waals surface area contributed by atoms with E-state index in [0.717, 1.165) is 5.56 Å². The Balaban J connectivity index is 2.17. The predicted octanol–water partition coefficient (Wildman–Crippen LogP) is 2.67. The van der Waals surface area contributed by atoms with Gasteiger partial charge in [-0.15, -0.1) is 0 Å². The van der Waals surface area contributed by atoms with E-state index in [9.17, 15) is 14.7 Å². The summed E-state index contributed by atoms with van der Waals surface area (Å²) in [6.07, 6.45) is 3.08. The number of amides is 1. The number of aromatic amines is 1. The Labute approximate surface area is 132 Å². The molecule has 3 heterocycles. The van der Waals surface area contributed by atoms with Crippen molar-refractivity contribution in [2.24, 2.45) is 5.41 Å². The number of aliphatic carboxylic acids is 1. The van der Waals surface area contributed by atoms with Crippen LogP contribution in [-0.2, 0) is 11.3 Å². The third-order valence-corrected chi connectivity index (χ3v) is 4.27. The first-order chi connectivity index (χ1) is 10.2. The molecule has 1 amide bonds. The Hall–Kier alpha value is -2.08. The summed E-state index contributed by atoms with van der Waals surface area (Å²) in [7, 11) is 0. The molecule has 3 rings (SSSR count). The summed E-state index contributed by atoms with van der Waals surface area (Å²) in [6.45, 7) is 5.57. The Kier molecular flexibility index (Phi) is 3.18. The predicted molar refractivity (Wildman–Crippen MR) is 81.9 cm³/mol. The van der Waals surface area contributed by atoms with Crippen LogP contribution in [0.2, 0.25) is 5.02 Å². The van der Waals surface area contributed by atoms with Gasteiger partial charge in [0.25, 0.3) is 5.91 Å². The normalized spacial score (nSPS) is 16.2. The number of carbonyl (C=O) groups is 2. The molecule has 1 aliphatic rings. The van der Waals surface area contributed by atoms with Gasteiger partial charge in [0.2, 0.25) is 0 Å². The monoisotopic (exact) mass is 321 g/mol. The van der Waals surface area contributed by atoms with E-state index in [1.807, 2.05) is 0 Å². The van der Waals surface area contributed by atoms with E-state index < -0.39 is 17.4 Å². The minimum Gasteiger partial charge on any atom is -0.480 e. The van der Waals surface area contributed by atoms with Gasteiger partial charge in [0.05, 0.1) is 10.6 Å². The van der Waals surface area contributed by atoms with Gasteiger partial charge in [-0.05, 0) is 5.41 Å². The molecular formula is C15H16ClN3O3. The Morgan fingerprint density at radius 3 is 2.77 bits per heavy atom. The molecule has 1 unspecified atom stereocenters. The fraction of sp³-hybridized carbons (Fsp3) is 0.400. The minimum absolute atomic E-state index is 0.162. The maximum atomic E-state index is 12.7. The van der Waals surface area contributed by atoms with E-state index in [1.54, 1.807) is 27.0 Å². The van der Waals surface area contributed by atoms with Crippen LogP contribution in [0.25, 0.3) is 11.0 Å². The number of H-pyrrole nitrogens is 1. The Morgan fingerprint density at radius 1 is 1.50 bits per heavy atom. The highest BCUT2D eigenvalue weighted by Crippen LogP contribution is 2.37. The molecule has 2 aromatic heterocycles. The molecule has 2 N–H and O–H groups in total. The van der Waals surface area contributed by atoms with Gasteiger partial charge in [0.15, 0.2) is 0 Å². The van der Waals surface area contributed by atoms with Crippen LogP contribution in [0, 0.1) is 5.41 Å². The maximum Gasteiger partial charge on any atom is 0.326 e. The van der Waals surface area contributed by atoms with Crippen LogP contribution in [0.3, 0.4) is 0 Å². The molecule has 7 heteroatoms. The molecule has 2 aromatic rings. The molecule has 116 valence electrons. The molecule has 1 aliphatic heterocycles. The van der Waals surface area contributed by atoms with E-state index in [-0.39, 0.29) is 12.5 Å². The van der Waals surface area contributed by atoms with E-state index in [1.165, 1.54) is 11.1 Å². The number of nitrogens with one attached hydrogen (secondary N) is 1. The highest BCUT2D eigenvalue weighted by Gasteiger charge is 2.42. The lowest BCUT2D eigenvalue weighted by molar-refractivity contribution is -0.146. The van der Waals surface area contributed by atoms with Gasteiger partial charge in [0, 0.05) is 29.9 Å². The summed E-state index contributed by atoms with van der Waals surface area (Å²) in [5, 5.41) is 10.7. The number of halogens is 1. The first kappa shape index (κ1) is 14.8. The van der Waals surface area contributed by atoms with Gasteiger partial charge >= 0.3 is 5.97 Å². The number of hydrogen-bond acceptors (Lipinski definition) is 3. The standard InChI is InChI=1S/C15H16ClN3O3/c1-15(2,3)11(14(21)22)19-6-8-9(16)5-18-12-10(8)7(4-17-12)13(19)20/h4-5,11H,6H2,1-3H3,(H,17,18)(H,21,22). The van der Waals surface area contributed by atoms with Crippen molar-refractivity contribution in [3.63, 3.8) is 0 Å². The highest BCUT2D eigenvalue weighted by molar-refractivity contribution is 6.32. The van der Waals surface area contributed by atoms with Gasteiger partial charge in [-0.1, -0.05) is 32.4 Å². The summed E-state index contributed by atoms with van der Waals surface area (Å²) < 4.78 is 0. The molecule has 0 spiro atoms. The number of carboxylic acid groups (broad SMARTS) is 1. The van der Waals surface area contributed by atoms with Gasteiger partial charge < -0.3 is 15.0 Å². The number of pyridine rings is 1. The van der Waals surface area contributed by atoms with Crippen molar-refractivity contribution in [3.8, 4) is 0 Å². The fourth-order valence-electron chi connectivity index (χ4n) is 3.04. The largest absolute Gasteiger partial charge is 0.480 e. The van der Waals surface area contributed by atoms with Gasteiger partial charge in [-0.25, -0.2) is 9.78 Å². The molecule has 0 fully saturated rings. The SMILES string of the molecule is CC(C)(C)C(C(=O)O)N1Cc2c(Cl)cnc3[nH]cc(c23)C1=O. The number of rotatable bonds is 2. The Morgan fingerprint density at radius 2 is 2.18 bits per heavy atom. The van der Waals surface area contributed by atoms with Gasteiger partial charge in [-0.2, -0.15) is 0 Å². The van der Waals surface area contributed by atoms with E-state index >= 15 is 0 Å². The van der Waals surface area contributed by atoms with Crippen molar-refractivity contribution < 1.29 is 14.7 Å². The molecule has 0 radical (unpaired) electrons. The third-order valence-electron chi connectivity index (χ3n) is 3.94. The third kappa shape index (κ3) is 2.06. The lowest BCUT2D eigenvalue weighted by Gasteiger charge is -2.39. The molecule has 0 bridgehead atoms. The number of hydrogen-bond donors (Lipinski definition) is 2. The van der Waals surface area contributed by atoms with Crippen LogP contribution >= 0.6 is 11.6 Å².